The molecule has 18 heavy (non-hydrogen) atoms. The highest BCUT2D eigenvalue weighted by atomic mass is 16.5. The van der Waals surface area contributed by atoms with E-state index in [1.807, 2.05) is 25.3 Å². The molecule has 0 aliphatic rings. The van der Waals surface area contributed by atoms with E-state index < -0.39 is 0 Å². The van der Waals surface area contributed by atoms with Crippen molar-refractivity contribution in [2.24, 2.45) is 0 Å². The largest absolute Gasteiger partial charge is 0.492 e. The fraction of sp³-hybridized carbons (Fsp3) is 0.214. The molecular weight excluding hydrogens is 228 g/mol. The topological polar surface area (TPSA) is 57.2 Å². The molecule has 2 rings (SSSR count). The van der Waals surface area contributed by atoms with Crippen molar-refractivity contribution < 1.29 is 4.74 Å². The lowest BCUT2D eigenvalue weighted by Gasteiger charge is -2.08. The second kappa shape index (κ2) is 5.40. The van der Waals surface area contributed by atoms with Crippen molar-refractivity contribution in [3.63, 3.8) is 0 Å². The van der Waals surface area contributed by atoms with Gasteiger partial charge in [0.2, 0.25) is 0 Å². The first-order chi connectivity index (χ1) is 8.65. The van der Waals surface area contributed by atoms with Gasteiger partial charge in [-0.3, -0.25) is 4.79 Å². The van der Waals surface area contributed by atoms with Gasteiger partial charge >= 0.3 is 0 Å². The Bertz CT molecular complexity index is 573. The fourth-order valence-corrected chi connectivity index (χ4v) is 1.65. The molecule has 1 aromatic heterocycles. The Hall–Kier alpha value is -2.23. The normalized spacial score (nSPS) is 10.3. The summed E-state index contributed by atoms with van der Waals surface area (Å²) >= 11 is 0. The SMILES string of the molecule is Cc1ccc(=O)n(CCOc2ccc(N)cc2)c1. The van der Waals surface area contributed by atoms with Crippen LogP contribution in [0.4, 0.5) is 5.69 Å². The van der Waals surface area contributed by atoms with Crippen LogP contribution in [0.5, 0.6) is 5.75 Å². The van der Waals surface area contributed by atoms with Crippen LogP contribution in [0.3, 0.4) is 0 Å². The Morgan fingerprint density at radius 3 is 2.61 bits per heavy atom. The second-order valence-electron chi connectivity index (χ2n) is 4.16. The number of pyridine rings is 1. The molecule has 0 aliphatic carbocycles. The van der Waals surface area contributed by atoms with Gasteiger partial charge < -0.3 is 15.0 Å². The molecule has 0 radical (unpaired) electrons. The van der Waals surface area contributed by atoms with Gasteiger partial charge in [0, 0.05) is 18.0 Å². The number of hydrogen-bond donors (Lipinski definition) is 1. The highest BCUT2D eigenvalue weighted by Crippen LogP contribution is 2.12. The lowest BCUT2D eigenvalue weighted by atomic mass is 10.3. The van der Waals surface area contributed by atoms with E-state index in [9.17, 15) is 4.79 Å². The zero-order chi connectivity index (χ0) is 13.0. The first-order valence-corrected chi connectivity index (χ1v) is 5.80. The molecule has 1 aromatic carbocycles. The minimum Gasteiger partial charge on any atom is -0.492 e. The smallest absolute Gasteiger partial charge is 0.250 e. The summed E-state index contributed by atoms with van der Waals surface area (Å²) in [6, 6.07) is 10.6. The molecule has 0 atom stereocenters. The molecule has 0 saturated carbocycles. The van der Waals surface area contributed by atoms with Crippen LogP contribution in [0.25, 0.3) is 0 Å². The molecule has 0 unspecified atom stereocenters. The van der Waals surface area contributed by atoms with Crippen molar-refractivity contribution in [3.8, 4) is 5.75 Å². The summed E-state index contributed by atoms with van der Waals surface area (Å²) in [6.07, 6.45) is 1.83. The van der Waals surface area contributed by atoms with Gasteiger partial charge in [0.15, 0.2) is 0 Å². The molecule has 2 N–H and O–H groups in total. The number of nitrogens with two attached hydrogens (primary N) is 1. The standard InChI is InChI=1S/C14H16N2O2/c1-11-2-7-14(17)16(10-11)8-9-18-13-5-3-12(15)4-6-13/h2-7,10H,8-9,15H2,1H3. The zero-order valence-corrected chi connectivity index (χ0v) is 10.3. The number of benzene rings is 1. The number of aryl methyl sites for hydroxylation is 1. The molecule has 0 bridgehead atoms. The molecule has 2 aromatic rings. The Kier molecular flexibility index (Phi) is 3.67. The second-order valence-corrected chi connectivity index (χ2v) is 4.16. The van der Waals surface area contributed by atoms with Crippen molar-refractivity contribution in [2.75, 3.05) is 12.3 Å². The van der Waals surface area contributed by atoms with Crippen molar-refractivity contribution in [2.45, 2.75) is 13.5 Å². The van der Waals surface area contributed by atoms with Crippen LogP contribution in [0, 0.1) is 6.92 Å². The quantitative estimate of drug-likeness (QED) is 0.835. The van der Waals surface area contributed by atoms with Gasteiger partial charge in [-0.05, 0) is 36.8 Å². The Labute approximate surface area is 106 Å². The van der Waals surface area contributed by atoms with E-state index in [1.165, 1.54) is 0 Å². The van der Waals surface area contributed by atoms with E-state index in [1.54, 1.807) is 28.8 Å². The van der Waals surface area contributed by atoms with E-state index in [-0.39, 0.29) is 5.56 Å². The van der Waals surface area contributed by atoms with Crippen molar-refractivity contribution >= 4 is 5.69 Å². The molecular formula is C14H16N2O2. The van der Waals surface area contributed by atoms with Crippen LogP contribution in [0.15, 0.2) is 47.4 Å². The summed E-state index contributed by atoms with van der Waals surface area (Å²) in [5.41, 5.74) is 7.33. The van der Waals surface area contributed by atoms with Gasteiger partial charge in [-0.15, -0.1) is 0 Å². The van der Waals surface area contributed by atoms with Gasteiger partial charge in [-0.1, -0.05) is 6.07 Å². The predicted molar refractivity (Wildman–Crippen MR) is 71.8 cm³/mol. The molecule has 0 saturated heterocycles. The minimum atomic E-state index is -0.0125. The molecule has 0 aliphatic heterocycles. The Morgan fingerprint density at radius 2 is 1.89 bits per heavy atom. The predicted octanol–water partition coefficient (Wildman–Crippen LogP) is 1.82. The molecule has 4 heteroatoms. The van der Waals surface area contributed by atoms with Gasteiger partial charge in [0.25, 0.3) is 5.56 Å². The van der Waals surface area contributed by atoms with E-state index in [4.69, 9.17) is 10.5 Å². The molecule has 4 nitrogen and oxygen atoms in total. The summed E-state index contributed by atoms with van der Waals surface area (Å²) in [5.74, 6) is 0.755. The number of anilines is 1. The number of rotatable bonds is 4. The third-order valence-electron chi connectivity index (χ3n) is 2.61. The number of hydrogen-bond acceptors (Lipinski definition) is 3. The maximum absolute atomic E-state index is 11.5. The maximum atomic E-state index is 11.5. The monoisotopic (exact) mass is 244 g/mol. The van der Waals surface area contributed by atoms with Crippen molar-refractivity contribution in [1.82, 2.24) is 4.57 Å². The van der Waals surface area contributed by atoms with E-state index in [0.717, 1.165) is 11.3 Å². The fourth-order valence-electron chi connectivity index (χ4n) is 1.65. The molecule has 0 amide bonds. The van der Waals surface area contributed by atoms with Crippen LogP contribution in [-0.4, -0.2) is 11.2 Å². The van der Waals surface area contributed by atoms with Crippen molar-refractivity contribution in [3.05, 3.63) is 58.5 Å². The summed E-state index contributed by atoms with van der Waals surface area (Å²) in [7, 11) is 0. The van der Waals surface area contributed by atoms with Crippen LogP contribution >= 0.6 is 0 Å². The molecule has 0 spiro atoms. The minimum absolute atomic E-state index is 0.0125. The summed E-state index contributed by atoms with van der Waals surface area (Å²) in [5, 5.41) is 0. The van der Waals surface area contributed by atoms with Gasteiger partial charge in [-0.2, -0.15) is 0 Å². The van der Waals surface area contributed by atoms with Crippen LogP contribution in [-0.2, 0) is 6.54 Å². The average Bonchev–Trinajstić information content (AvgIpc) is 2.36. The van der Waals surface area contributed by atoms with Gasteiger partial charge in [-0.25, -0.2) is 0 Å². The number of nitrogens with zero attached hydrogens (tertiary/aromatic N) is 1. The Morgan fingerprint density at radius 1 is 1.17 bits per heavy atom. The van der Waals surface area contributed by atoms with Crippen molar-refractivity contribution in [1.29, 1.82) is 0 Å². The average molecular weight is 244 g/mol. The maximum Gasteiger partial charge on any atom is 0.250 e. The number of aromatic nitrogens is 1. The van der Waals surface area contributed by atoms with Crippen LogP contribution in [0.2, 0.25) is 0 Å². The molecule has 1 heterocycles. The highest BCUT2D eigenvalue weighted by Gasteiger charge is 1.97. The van der Waals surface area contributed by atoms with E-state index in [2.05, 4.69) is 0 Å². The van der Waals surface area contributed by atoms with E-state index >= 15 is 0 Å². The highest BCUT2D eigenvalue weighted by molar-refractivity contribution is 5.41. The Balaban J connectivity index is 1.94. The van der Waals surface area contributed by atoms with Crippen LogP contribution in [0.1, 0.15) is 5.56 Å². The number of ether oxygens (including phenoxy) is 1. The number of nitrogen functional groups attached to an aromatic ring is 1. The molecule has 94 valence electrons. The third kappa shape index (κ3) is 3.13. The zero-order valence-electron chi connectivity index (χ0n) is 10.3. The molecule has 0 fully saturated rings. The summed E-state index contributed by atoms with van der Waals surface area (Å²) in [4.78, 5) is 11.5. The lowest BCUT2D eigenvalue weighted by Crippen LogP contribution is -2.21. The lowest BCUT2D eigenvalue weighted by molar-refractivity contribution is 0.296. The van der Waals surface area contributed by atoms with Gasteiger partial charge in [0.05, 0.1) is 6.54 Å². The van der Waals surface area contributed by atoms with Crippen LogP contribution < -0.4 is 16.0 Å². The first-order valence-electron chi connectivity index (χ1n) is 5.80. The third-order valence-corrected chi connectivity index (χ3v) is 2.61. The van der Waals surface area contributed by atoms with E-state index in [0.29, 0.717) is 18.8 Å². The first kappa shape index (κ1) is 12.2. The summed E-state index contributed by atoms with van der Waals surface area (Å²) in [6.45, 7) is 2.94. The summed E-state index contributed by atoms with van der Waals surface area (Å²) < 4.78 is 7.19. The van der Waals surface area contributed by atoms with Gasteiger partial charge in [0.1, 0.15) is 12.4 Å².